The summed E-state index contributed by atoms with van der Waals surface area (Å²) in [6.07, 6.45) is 0. The zero-order chi connectivity index (χ0) is 18.0. The van der Waals surface area contributed by atoms with Crippen LogP contribution < -0.4 is 10.6 Å². The SMILES string of the molecule is O=C(Nc1ccc(F)c(Cl)c1)c1ccc(CN2C(=O)CNC2=O)cc1. The molecule has 0 aliphatic carbocycles. The maximum Gasteiger partial charge on any atom is 0.324 e. The Bertz CT molecular complexity index is 839. The van der Waals surface area contributed by atoms with Gasteiger partial charge in [-0.2, -0.15) is 0 Å². The molecule has 0 unspecified atom stereocenters. The normalized spacial score (nSPS) is 13.8. The number of amides is 4. The fourth-order valence-corrected chi connectivity index (χ4v) is 2.52. The van der Waals surface area contributed by atoms with Crippen LogP contribution in [0.3, 0.4) is 0 Å². The highest BCUT2D eigenvalue weighted by Gasteiger charge is 2.28. The van der Waals surface area contributed by atoms with Gasteiger partial charge in [0, 0.05) is 11.3 Å². The van der Waals surface area contributed by atoms with Crippen molar-refractivity contribution >= 4 is 35.1 Å². The quantitative estimate of drug-likeness (QED) is 0.822. The first-order valence-electron chi connectivity index (χ1n) is 7.37. The summed E-state index contributed by atoms with van der Waals surface area (Å²) in [5.41, 5.74) is 1.47. The molecule has 8 heteroatoms. The number of urea groups is 1. The van der Waals surface area contributed by atoms with E-state index >= 15 is 0 Å². The topological polar surface area (TPSA) is 78.5 Å². The van der Waals surface area contributed by atoms with Gasteiger partial charge in [0.05, 0.1) is 18.1 Å². The lowest BCUT2D eigenvalue weighted by atomic mass is 10.1. The number of halogens is 2. The fraction of sp³-hybridized carbons (Fsp3) is 0.118. The van der Waals surface area contributed by atoms with Gasteiger partial charge in [0.25, 0.3) is 5.91 Å². The van der Waals surface area contributed by atoms with E-state index in [1.807, 2.05) is 0 Å². The maximum absolute atomic E-state index is 13.1. The molecule has 0 bridgehead atoms. The maximum atomic E-state index is 13.1. The molecule has 0 aromatic heterocycles. The first kappa shape index (κ1) is 16.9. The lowest BCUT2D eigenvalue weighted by Crippen LogP contribution is -2.30. The van der Waals surface area contributed by atoms with E-state index in [1.165, 1.54) is 18.2 Å². The van der Waals surface area contributed by atoms with Gasteiger partial charge in [-0.3, -0.25) is 14.5 Å². The van der Waals surface area contributed by atoms with Crippen molar-refractivity contribution in [2.45, 2.75) is 6.54 Å². The van der Waals surface area contributed by atoms with E-state index in [-0.39, 0.29) is 29.9 Å². The summed E-state index contributed by atoms with van der Waals surface area (Å²) in [6.45, 7) is 0.139. The minimum absolute atomic E-state index is 0.000444. The van der Waals surface area contributed by atoms with Gasteiger partial charge in [-0.1, -0.05) is 23.7 Å². The molecule has 1 saturated heterocycles. The van der Waals surface area contributed by atoms with Crippen LogP contribution >= 0.6 is 11.6 Å². The van der Waals surface area contributed by atoms with Crippen molar-refractivity contribution in [2.24, 2.45) is 0 Å². The molecule has 0 radical (unpaired) electrons. The minimum Gasteiger partial charge on any atom is -0.329 e. The van der Waals surface area contributed by atoms with Gasteiger partial charge >= 0.3 is 6.03 Å². The number of hydrogen-bond donors (Lipinski definition) is 2. The number of nitrogens with zero attached hydrogens (tertiary/aromatic N) is 1. The molecule has 0 spiro atoms. The smallest absolute Gasteiger partial charge is 0.324 e. The third-order valence-electron chi connectivity index (χ3n) is 3.67. The summed E-state index contributed by atoms with van der Waals surface area (Å²) >= 11 is 5.68. The van der Waals surface area contributed by atoms with Crippen LogP contribution in [0.4, 0.5) is 14.9 Å². The molecule has 2 aromatic rings. The molecular formula is C17H13ClFN3O3. The average Bonchev–Trinajstić information content (AvgIpc) is 2.91. The van der Waals surface area contributed by atoms with Crippen LogP contribution in [0.1, 0.15) is 15.9 Å². The molecule has 6 nitrogen and oxygen atoms in total. The first-order valence-corrected chi connectivity index (χ1v) is 7.75. The summed E-state index contributed by atoms with van der Waals surface area (Å²) in [5, 5.41) is 4.97. The van der Waals surface area contributed by atoms with Crippen molar-refractivity contribution in [2.75, 3.05) is 11.9 Å². The molecule has 2 N–H and O–H groups in total. The lowest BCUT2D eigenvalue weighted by molar-refractivity contribution is -0.125. The Morgan fingerprint density at radius 3 is 2.52 bits per heavy atom. The van der Waals surface area contributed by atoms with Crippen LogP contribution in [-0.4, -0.2) is 29.3 Å². The predicted molar refractivity (Wildman–Crippen MR) is 89.8 cm³/mol. The average molecular weight is 362 g/mol. The van der Waals surface area contributed by atoms with Crippen molar-refractivity contribution in [3.63, 3.8) is 0 Å². The first-order chi connectivity index (χ1) is 11.9. The van der Waals surface area contributed by atoms with Crippen LogP contribution in [0.25, 0.3) is 0 Å². The third-order valence-corrected chi connectivity index (χ3v) is 3.96. The van der Waals surface area contributed by atoms with Crippen LogP contribution in [0.15, 0.2) is 42.5 Å². The molecular weight excluding hydrogens is 349 g/mol. The van der Waals surface area contributed by atoms with Crippen molar-refractivity contribution < 1.29 is 18.8 Å². The highest BCUT2D eigenvalue weighted by atomic mass is 35.5. The summed E-state index contributed by atoms with van der Waals surface area (Å²) in [6, 6.07) is 9.93. The van der Waals surface area contributed by atoms with E-state index < -0.39 is 11.8 Å². The molecule has 1 aliphatic rings. The molecule has 2 aromatic carbocycles. The standard InChI is InChI=1S/C17H13ClFN3O3/c18-13-7-12(5-6-14(13)19)21-16(24)11-3-1-10(2-4-11)9-22-15(23)8-20-17(22)25/h1-7H,8-9H2,(H,20,25)(H,21,24). The highest BCUT2D eigenvalue weighted by molar-refractivity contribution is 6.31. The Kier molecular flexibility index (Phi) is 4.67. The predicted octanol–water partition coefficient (Wildman–Crippen LogP) is 2.78. The molecule has 0 atom stereocenters. The fourth-order valence-electron chi connectivity index (χ4n) is 2.34. The summed E-state index contributed by atoms with van der Waals surface area (Å²) < 4.78 is 13.1. The number of anilines is 1. The van der Waals surface area contributed by atoms with Gasteiger partial charge in [0.1, 0.15) is 5.82 Å². The number of imide groups is 1. The second kappa shape index (κ2) is 6.90. The van der Waals surface area contributed by atoms with Gasteiger partial charge in [0.2, 0.25) is 5.91 Å². The molecule has 1 aliphatic heterocycles. The lowest BCUT2D eigenvalue weighted by Gasteiger charge is -2.12. The molecule has 3 rings (SSSR count). The molecule has 0 saturated carbocycles. The number of benzene rings is 2. The largest absolute Gasteiger partial charge is 0.329 e. The third kappa shape index (κ3) is 3.77. The summed E-state index contributed by atoms with van der Waals surface area (Å²) in [4.78, 5) is 36.4. The van der Waals surface area contributed by atoms with E-state index in [9.17, 15) is 18.8 Å². The summed E-state index contributed by atoms with van der Waals surface area (Å²) in [5.74, 6) is -1.24. The minimum atomic E-state index is -0.565. The van der Waals surface area contributed by atoms with Crippen molar-refractivity contribution in [1.29, 1.82) is 0 Å². The van der Waals surface area contributed by atoms with Crippen molar-refractivity contribution in [1.82, 2.24) is 10.2 Å². The Morgan fingerprint density at radius 1 is 1.20 bits per heavy atom. The van der Waals surface area contributed by atoms with E-state index in [0.717, 1.165) is 4.90 Å². The highest BCUT2D eigenvalue weighted by Crippen LogP contribution is 2.20. The Labute approximate surface area is 147 Å². The Morgan fingerprint density at radius 2 is 1.92 bits per heavy atom. The second-order valence-corrected chi connectivity index (χ2v) is 5.83. The van der Waals surface area contributed by atoms with E-state index in [0.29, 0.717) is 16.8 Å². The van der Waals surface area contributed by atoms with Crippen LogP contribution in [0, 0.1) is 5.82 Å². The molecule has 1 fully saturated rings. The van der Waals surface area contributed by atoms with Crippen molar-refractivity contribution in [3.05, 3.63) is 64.4 Å². The zero-order valence-corrected chi connectivity index (χ0v) is 13.6. The molecule has 25 heavy (non-hydrogen) atoms. The van der Waals surface area contributed by atoms with Crippen LogP contribution in [0.5, 0.6) is 0 Å². The Hall–Kier alpha value is -2.93. The van der Waals surface area contributed by atoms with Gasteiger partial charge in [0.15, 0.2) is 0 Å². The van der Waals surface area contributed by atoms with E-state index in [2.05, 4.69) is 10.6 Å². The number of hydrogen-bond acceptors (Lipinski definition) is 3. The number of carbonyl (C=O) groups excluding carboxylic acids is 3. The van der Waals surface area contributed by atoms with Gasteiger partial charge in [-0.05, 0) is 35.9 Å². The molecule has 1 heterocycles. The van der Waals surface area contributed by atoms with Gasteiger partial charge in [-0.25, -0.2) is 9.18 Å². The van der Waals surface area contributed by atoms with Crippen LogP contribution in [0.2, 0.25) is 5.02 Å². The van der Waals surface area contributed by atoms with Gasteiger partial charge in [-0.15, -0.1) is 0 Å². The van der Waals surface area contributed by atoms with E-state index in [1.54, 1.807) is 24.3 Å². The number of rotatable bonds is 4. The molecule has 4 amide bonds. The number of carbonyl (C=O) groups is 3. The summed E-state index contributed by atoms with van der Waals surface area (Å²) in [7, 11) is 0. The van der Waals surface area contributed by atoms with Crippen LogP contribution in [-0.2, 0) is 11.3 Å². The monoisotopic (exact) mass is 361 g/mol. The Balaban J connectivity index is 1.67. The number of nitrogens with one attached hydrogen (secondary N) is 2. The van der Waals surface area contributed by atoms with E-state index in [4.69, 9.17) is 11.6 Å². The van der Waals surface area contributed by atoms with Gasteiger partial charge < -0.3 is 10.6 Å². The zero-order valence-electron chi connectivity index (χ0n) is 12.9. The van der Waals surface area contributed by atoms with Crippen molar-refractivity contribution in [3.8, 4) is 0 Å². The second-order valence-electron chi connectivity index (χ2n) is 5.42. The molecule has 128 valence electrons.